The number of likely N-dealkylation sites (tertiary alicyclic amines) is 1. The number of carboxylic acids is 1. The van der Waals surface area contributed by atoms with Gasteiger partial charge in [-0.15, -0.1) is 0 Å². The molecule has 4 aliphatic carbocycles. The van der Waals surface area contributed by atoms with Crippen LogP contribution in [-0.2, 0) is 9.59 Å². The molecule has 1 saturated heterocycles. The number of carbonyl (C=O) groups is 2. The molecular formula is C25H28N2O3. The molecule has 0 radical (unpaired) electrons. The molecular weight excluding hydrogens is 376 g/mol. The molecule has 1 N–H and O–H groups in total. The predicted octanol–water partition coefficient (Wildman–Crippen LogP) is 4.42. The van der Waals surface area contributed by atoms with Gasteiger partial charge >= 0.3 is 5.97 Å². The molecule has 5 heteroatoms. The van der Waals surface area contributed by atoms with E-state index in [9.17, 15) is 14.7 Å². The van der Waals surface area contributed by atoms with E-state index in [1.165, 1.54) is 5.56 Å². The Morgan fingerprint density at radius 2 is 1.80 bits per heavy atom. The van der Waals surface area contributed by atoms with Gasteiger partial charge in [-0.1, -0.05) is 18.2 Å². The standard InChI is InChI=1S/C25H28N2O3/c1-24(2)21(18-7-8-26-19-6-4-3-5-17(18)19)27(22(24)28)20-15-9-14-10-16(20)13-25(11-14,12-15)23(29)30/h3-8,14-16,20-21H,9-13H2,1-2H3,(H,29,30)/t14?,15-,16?,20-,21?,25-/m0/s1. The van der Waals surface area contributed by atoms with Crippen LogP contribution in [0.15, 0.2) is 36.5 Å². The molecule has 6 atom stereocenters. The number of β-lactam (4-membered cyclic amide) rings is 1. The van der Waals surface area contributed by atoms with Crippen LogP contribution in [0.1, 0.15) is 57.6 Å². The summed E-state index contributed by atoms with van der Waals surface area (Å²) in [7, 11) is 0. The van der Waals surface area contributed by atoms with Gasteiger partial charge in [0.1, 0.15) is 0 Å². The molecule has 1 aliphatic heterocycles. The highest BCUT2D eigenvalue weighted by molar-refractivity contribution is 5.93. The van der Waals surface area contributed by atoms with Gasteiger partial charge in [0.05, 0.1) is 22.4 Å². The normalized spacial score (nSPS) is 38.7. The molecule has 30 heavy (non-hydrogen) atoms. The highest BCUT2D eigenvalue weighted by Gasteiger charge is 2.65. The van der Waals surface area contributed by atoms with E-state index >= 15 is 0 Å². The van der Waals surface area contributed by atoms with E-state index in [1.54, 1.807) is 0 Å². The van der Waals surface area contributed by atoms with Gasteiger partial charge in [-0.05, 0) is 81.4 Å². The maximum absolute atomic E-state index is 13.4. The van der Waals surface area contributed by atoms with Crippen molar-refractivity contribution in [1.29, 1.82) is 0 Å². The van der Waals surface area contributed by atoms with E-state index < -0.39 is 16.8 Å². The van der Waals surface area contributed by atoms with Gasteiger partial charge in [-0.25, -0.2) is 0 Å². The molecule has 1 aromatic heterocycles. The Balaban J connectivity index is 1.42. The lowest BCUT2D eigenvalue weighted by atomic mass is 9.47. The zero-order chi connectivity index (χ0) is 20.8. The Hall–Kier alpha value is -2.43. The molecule has 3 unspecified atom stereocenters. The average Bonchev–Trinajstić information content (AvgIpc) is 2.71. The van der Waals surface area contributed by atoms with E-state index in [-0.39, 0.29) is 18.0 Å². The molecule has 7 rings (SSSR count). The Morgan fingerprint density at radius 1 is 1.10 bits per heavy atom. The Bertz CT molecular complexity index is 1060. The Labute approximate surface area is 176 Å². The minimum absolute atomic E-state index is 0.0150. The van der Waals surface area contributed by atoms with E-state index in [0.717, 1.165) is 43.0 Å². The van der Waals surface area contributed by atoms with Gasteiger partial charge in [-0.3, -0.25) is 14.6 Å². The second kappa shape index (κ2) is 5.83. The molecule has 5 fully saturated rings. The summed E-state index contributed by atoms with van der Waals surface area (Å²) in [6, 6.07) is 10.4. The summed E-state index contributed by atoms with van der Waals surface area (Å²) in [5.74, 6) is 0.730. The number of rotatable bonds is 3. The number of benzene rings is 1. The van der Waals surface area contributed by atoms with E-state index in [0.29, 0.717) is 17.8 Å². The quantitative estimate of drug-likeness (QED) is 0.769. The third-order valence-corrected chi connectivity index (χ3v) is 8.72. The first-order valence-electron chi connectivity index (χ1n) is 11.2. The molecule has 2 aromatic rings. The molecule has 1 aromatic carbocycles. The van der Waals surface area contributed by atoms with Gasteiger partial charge in [0.2, 0.25) is 5.91 Å². The number of amides is 1. The fourth-order valence-electron chi connectivity index (χ4n) is 7.76. The average molecular weight is 405 g/mol. The first-order chi connectivity index (χ1) is 14.3. The van der Waals surface area contributed by atoms with Gasteiger partial charge in [-0.2, -0.15) is 0 Å². The van der Waals surface area contributed by atoms with Crippen molar-refractivity contribution in [1.82, 2.24) is 9.88 Å². The summed E-state index contributed by atoms with van der Waals surface area (Å²) in [6.45, 7) is 4.11. The zero-order valence-electron chi connectivity index (χ0n) is 17.5. The topological polar surface area (TPSA) is 70.5 Å². The lowest BCUT2D eigenvalue weighted by molar-refractivity contribution is -0.202. The van der Waals surface area contributed by atoms with Crippen molar-refractivity contribution in [3.8, 4) is 0 Å². The highest BCUT2D eigenvalue weighted by atomic mass is 16.4. The second-order valence-corrected chi connectivity index (χ2v) is 10.8. The van der Waals surface area contributed by atoms with Crippen LogP contribution < -0.4 is 0 Å². The maximum Gasteiger partial charge on any atom is 0.309 e. The van der Waals surface area contributed by atoms with Gasteiger partial charge in [0.25, 0.3) is 0 Å². The molecule has 1 amide bonds. The van der Waals surface area contributed by atoms with Crippen LogP contribution >= 0.6 is 0 Å². The fraction of sp³-hybridized carbons (Fsp3) is 0.560. The largest absolute Gasteiger partial charge is 0.481 e. The van der Waals surface area contributed by atoms with Gasteiger partial charge in [0.15, 0.2) is 0 Å². The Kier molecular flexibility index (Phi) is 3.57. The first kappa shape index (κ1) is 18.3. The SMILES string of the molecule is CC1(C)C(=O)N([C@@H]2C3CC4C[C@H]2C[C@@](C(=O)O)(C4)C3)C1c1ccnc2ccccc12. The summed E-state index contributed by atoms with van der Waals surface area (Å²) in [6.07, 6.45) is 6.29. The molecule has 2 heterocycles. The molecule has 4 bridgehead atoms. The van der Waals surface area contributed by atoms with Crippen LogP contribution in [0.4, 0.5) is 0 Å². The summed E-state index contributed by atoms with van der Waals surface area (Å²) in [5, 5.41) is 11.1. The van der Waals surface area contributed by atoms with Crippen molar-refractivity contribution in [2.75, 3.05) is 0 Å². The lowest BCUT2D eigenvalue weighted by Crippen LogP contribution is -2.70. The summed E-state index contributed by atoms with van der Waals surface area (Å²) < 4.78 is 0. The number of carboxylic acid groups (broad SMARTS) is 1. The fourth-order valence-corrected chi connectivity index (χ4v) is 7.76. The number of fused-ring (bicyclic) bond motifs is 1. The minimum Gasteiger partial charge on any atom is -0.481 e. The van der Waals surface area contributed by atoms with Crippen molar-refractivity contribution in [3.05, 3.63) is 42.1 Å². The summed E-state index contributed by atoms with van der Waals surface area (Å²) >= 11 is 0. The number of pyridine rings is 1. The molecule has 5 nitrogen and oxygen atoms in total. The number of aliphatic carboxylic acids is 1. The maximum atomic E-state index is 13.4. The Morgan fingerprint density at radius 3 is 2.50 bits per heavy atom. The van der Waals surface area contributed by atoms with Gasteiger partial charge < -0.3 is 10.0 Å². The van der Waals surface area contributed by atoms with Crippen LogP contribution in [0.5, 0.6) is 0 Å². The number of hydrogen-bond acceptors (Lipinski definition) is 3. The number of nitrogens with zero attached hydrogens (tertiary/aromatic N) is 2. The van der Waals surface area contributed by atoms with Crippen molar-refractivity contribution >= 4 is 22.8 Å². The van der Waals surface area contributed by atoms with Crippen LogP contribution in [0.25, 0.3) is 10.9 Å². The summed E-state index contributed by atoms with van der Waals surface area (Å²) in [4.78, 5) is 32.2. The van der Waals surface area contributed by atoms with Gasteiger partial charge in [0, 0.05) is 17.6 Å². The number of aromatic nitrogens is 1. The highest BCUT2D eigenvalue weighted by Crippen LogP contribution is 2.64. The van der Waals surface area contributed by atoms with Crippen molar-refractivity contribution in [2.24, 2.45) is 28.6 Å². The van der Waals surface area contributed by atoms with Crippen LogP contribution in [0.2, 0.25) is 0 Å². The zero-order valence-corrected chi connectivity index (χ0v) is 17.5. The van der Waals surface area contributed by atoms with E-state index in [4.69, 9.17) is 0 Å². The molecule has 4 saturated carbocycles. The molecule has 156 valence electrons. The van der Waals surface area contributed by atoms with Crippen LogP contribution in [-0.4, -0.2) is 32.9 Å². The van der Waals surface area contributed by atoms with Crippen molar-refractivity contribution in [2.45, 2.75) is 58.0 Å². The number of para-hydroxylation sites is 1. The lowest BCUT2D eigenvalue weighted by Gasteiger charge is -2.66. The van der Waals surface area contributed by atoms with Crippen molar-refractivity contribution < 1.29 is 14.7 Å². The second-order valence-electron chi connectivity index (χ2n) is 10.8. The van der Waals surface area contributed by atoms with Crippen molar-refractivity contribution in [3.63, 3.8) is 0 Å². The monoisotopic (exact) mass is 404 g/mol. The third-order valence-electron chi connectivity index (χ3n) is 8.72. The molecule has 5 aliphatic rings. The van der Waals surface area contributed by atoms with Crippen LogP contribution in [0, 0.1) is 28.6 Å². The van der Waals surface area contributed by atoms with E-state index in [2.05, 4.69) is 35.9 Å². The predicted molar refractivity (Wildman–Crippen MR) is 113 cm³/mol. The summed E-state index contributed by atoms with van der Waals surface area (Å²) in [5.41, 5.74) is 1.13. The minimum atomic E-state index is -0.618. The third kappa shape index (κ3) is 2.21. The van der Waals surface area contributed by atoms with Crippen LogP contribution in [0.3, 0.4) is 0 Å². The smallest absolute Gasteiger partial charge is 0.309 e. The number of carbonyl (C=O) groups excluding carboxylic acids is 1. The first-order valence-corrected chi connectivity index (χ1v) is 11.2. The number of hydrogen-bond donors (Lipinski definition) is 1. The molecule has 0 spiro atoms. The van der Waals surface area contributed by atoms with E-state index in [1.807, 2.05) is 24.4 Å².